The van der Waals surface area contributed by atoms with E-state index in [9.17, 15) is 9.59 Å². The van der Waals surface area contributed by atoms with E-state index in [0.717, 1.165) is 4.47 Å². The van der Waals surface area contributed by atoms with E-state index in [2.05, 4.69) is 21.2 Å². The van der Waals surface area contributed by atoms with Crippen LogP contribution in [-0.4, -0.2) is 38.9 Å². The molecule has 0 bridgehead atoms. The third kappa shape index (κ3) is 5.45. The number of hydrogen-bond acceptors (Lipinski definition) is 8. The van der Waals surface area contributed by atoms with Crippen LogP contribution in [0.1, 0.15) is 24.1 Å². The monoisotopic (exact) mass is 649 g/mol. The molecule has 0 aliphatic carbocycles. The normalized spacial score (nSPS) is 14.6. The number of thiazole rings is 1. The number of halogens is 1. The van der Waals surface area contributed by atoms with E-state index < -0.39 is 6.04 Å². The minimum Gasteiger partial charge on any atom is -0.497 e. The first-order chi connectivity index (χ1) is 20.3. The van der Waals surface area contributed by atoms with Crippen molar-refractivity contribution in [2.75, 3.05) is 33.8 Å². The number of hydrogen-bond donors (Lipinski definition) is 1. The number of nitrogens with zero attached hydrogens (tertiary/aromatic N) is 2. The van der Waals surface area contributed by atoms with Crippen LogP contribution < -0.4 is 39.2 Å². The fourth-order valence-electron chi connectivity index (χ4n) is 4.79. The van der Waals surface area contributed by atoms with Crippen molar-refractivity contribution in [3.63, 3.8) is 0 Å². The van der Waals surface area contributed by atoms with Crippen molar-refractivity contribution >= 4 is 44.9 Å². The second kappa shape index (κ2) is 12.3. The van der Waals surface area contributed by atoms with Crippen molar-refractivity contribution in [1.29, 1.82) is 0 Å². The van der Waals surface area contributed by atoms with Gasteiger partial charge >= 0.3 is 0 Å². The summed E-state index contributed by atoms with van der Waals surface area (Å²) in [4.78, 5) is 33.1. The topological polar surface area (TPSA) is 100 Å². The molecule has 4 aromatic rings. The standard InChI is InChI=1S/C31H28BrN3O6S/c1-17-27(29(36)34-19-9-7-6-8-10-19)28(21-12-11-20(38-2)15-23(21)39-3)35-30(37)26(42-31(35)33-17)14-18-13-24(40-4)25(41-5)16-22(18)32/h6-16,28H,1-5H3,(H,34,36)/b26-14-/t28-/m0/s1. The van der Waals surface area contributed by atoms with Gasteiger partial charge in [0.15, 0.2) is 16.3 Å². The van der Waals surface area contributed by atoms with Crippen molar-refractivity contribution in [2.24, 2.45) is 4.99 Å². The molecule has 9 nitrogen and oxygen atoms in total. The lowest BCUT2D eigenvalue weighted by Gasteiger charge is -2.26. The number of nitrogens with one attached hydrogen (secondary N) is 1. The van der Waals surface area contributed by atoms with Crippen molar-refractivity contribution < 1.29 is 23.7 Å². The van der Waals surface area contributed by atoms with E-state index in [4.69, 9.17) is 23.9 Å². The molecule has 1 aliphatic heterocycles. The van der Waals surface area contributed by atoms with Crippen LogP contribution in [-0.2, 0) is 4.79 Å². The van der Waals surface area contributed by atoms with E-state index >= 15 is 0 Å². The fraction of sp³-hybridized carbons (Fsp3) is 0.194. The predicted octanol–water partition coefficient (Wildman–Crippen LogP) is 4.67. The number of methoxy groups -OCH3 is 4. The van der Waals surface area contributed by atoms with Crippen LogP contribution in [0, 0.1) is 0 Å². The van der Waals surface area contributed by atoms with E-state index in [1.807, 2.05) is 18.2 Å². The Morgan fingerprint density at radius 3 is 2.31 bits per heavy atom. The lowest BCUT2D eigenvalue weighted by atomic mass is 9.94. The number of para-hydroxylation sites is 1. The average Bonchev–Trinajstić information content (AvgIpc) is 3.31. The summed E-state index contributed by atoms with van der Waals surface area (Å²) in [6, 6.07) is 17.2. The van der Waals surface area contributed by atoms with Gasteiger partial charge in [-0.3, -0.25) is 14.2 Å². The van der Waals surface area contributed by atoms with Gasteiger partial charge < -0.3 is 24.3 Å². The molecule has 1 atom stereocenters. The van der Waals surface area contributed by atoms with Crippen LogP contribution in [0.2, 0.25) is 0 Å². The maximum absolute atomic E-state index is 14.1. The average molecular weight is 651 g/mol. The zero-order valence-electron chi connectivity index (χ0n) is 23.6. The van der Waals surface area contributed by atoms with Crippen LogP contribution in [0.25, 0.3) is 6.08 Å². The molecule has 0 spiro atoms. The molecule has 0 unspecified atom stereocenters. The van der Waals surface area contributed by atoms with Gasteiger partial charge in [0.25, 0.3) is 11.5 Å². The van der Waals surface area contributed by atoms with Gasteiger partial charge in [-0.15, -0.1) is 0 Å². The third-order valence-electron chi connectivity index (χ3n) is 6.82. The van der Waals surface area contributed by atoms with Crippen molar-refractivity contribution in [2.45, 2.75) is 13.0 Å². The number of allylic oxidation sites excluding steroid dienone is 1. The molecule has 1 N–H and O–H groups in total. The number of benzene rings is 3. The zero-order valence-corrected chi connectivity index (χ0v) is 26.0. The Bertz CT molecular complexity index is 1880. The van der Waals surface area contributed by atoms with Gasteiger partial charge in [-0.05, 0) is 55.0 Å². The number of carbonyl (C=O) groups is 1. The molecule has 5 rings (SSSR count). The summed E-state index contributed by atoms with van der Waals surface area (Å²) < 4.78 is 24.7. The maximum Gasteiger partial charge on any atom is 0.271 e. The van der Waals surface area contributed by atoms with Crippen LogP contribution in [0.5, 0.6) is 23.0 Å². The molecular formula is C31H28BrN3O6S. The first-order valence-electron chi connectivity index (χ1n) is 12.8. The number of ether oxygens (including phenoxy) is 4. The highest BCUT2D eigenvalue weighted by Crippen LogP contribution is 2.38. The van der Waals surface area contributed by atoms with Crippen molar-refractivity contribution in [3.05, 3.63) is 107 Å². The number of aromatic nitrogens is 1. The number of anilines is 1. The second-order valence-corrected chi connectivity index (χ2v) is 11.1. The fourth-order valence-corrected chi connectivity index (χ4v) is 6.27. The highest BCUT2D eigenvalue weighted by atomic mass is 79.9. The van der Waals surface area contributed by atoms with Gasteiger partial charge in [-0.1, -0.05) is 45.5 Å². The minimum atomic E-state index is -0.818. The number of fused-ring (bicyclic) bond motifs is 1. The number of rotatable bonds is 8. The Morgan fingerprint density at radius 2 is 1.64 bits per heavy atom. The highest BCUT2D eigenvalue weighted by molar-refractivity contribution is 9.10. The minimum absolute atomic E-state index is 0.305. The van der Waals surface area contributed by atoms with Gasteiger partial charge in [-0.2, -0.15) is 0 Å². The van der Waals surface area contributed by atoms with Gasteiger partial charge in [0.05, 0.1) is 44.2 Å². The quantitative estimate of drug-likeness (QED) is 0.298. The summed E-state index contributed by atoms with van der Waals surface area (Å²) in [6.45, 7) is 1.77. The van der Waals surface area contributed by atoms with Crippen LogP contribution in [0.3, 0.4) is 0 Å². The molecule has 216 valence electrons. The van der Waals surface area contributed by atoms with E-state index in [1.54, 1.807) is 81.4 Å². The van der Waals surface area contributed by atoms with Crippen LogP contribution in [0.4, 0.5) is 5.69 Å². The molecule has 0 radical (unpaired) electrons. The maximum atomic E-state index is 14.1. The smallest absolute Gasteiger partial charge is 0.271 e. The summed E-state index contributed by atoms with van der Waals surface area (Å²) in [7, 11) is 6.21. The molecule has 2 heterocycles. The lowest BCUT2D eigenvalue weighted by molar-refractivity contribution is -0.113. The molecular weight excluding hydrogens is 622 g/mol. The van der Waals surface area contributed by atoms with Crippen LogP contribution >= 0.6 is 27.3 Å². The Morgan fingerprint density at radius 1 is 0.952 bits per heavy atom. The molecule has 11 heteroatoms. The SMILES string of the molecule is COc1ccc([C@H]2C(C(=O)Nc3ccccc3)=C(C)N=c3s/c(=C\c4cc(OC)c(OC)cc4Br)c(=O)n32)c(OC)c1. The van der Waals surface area contributed by atoms with Gasteiger partial charge in [-0.25, -0.2) is 4.99 Å². The van der Waals surface area contributed by atoms with Gasteiger partial charge in [0.2, 0.25) is 0 Å². The second-order valence-electron chi connectivity index (χ2n) is 9.24. The molecule has 1 aliphatic rings. The Labute approximate surface area is 254 Å². The van der Waals surface area contributed by atoms with Gasteiger partial charge in [0, 0.05) is 21.8 Å². The summed E-state index contributed by atoms with van der Waals surface area (Å²) >= 11 is 4.81. The molecule has 1 aromatic heterocycles. The predicted molar refractivity (Wildman–Crippen MR) is 166 cm³/mol. The van der Waals surface area contributed by atoms with Crippen LogP contribution in [0.15, 0.2) is 86.2 Å². The summed E-state index contributed by atoms with van der Waals surface area (Å²) in [6.07, 6.45) is 1.77. The van der Waals surface area contributed by atoms with Crippen molar-refractivity contribution in [1.82, 2.24) is 4.57 Å². The Kier molecular flexibility index (Phi) is 8.51. The lowest BCUT2D eigenvalue weighted by Crippen LogP contribution is -2.40. The zero-order chi connectivity index (χ0) is 30.0. The largest absolute Gasteiger partial charge is 0.497 e. The molecule has 1 amide bonds. The Balaban J connectivity index is 1.73. The summed E-state index contributed by atoms with van der Waals surface area (Å²) in [5.74, 6) is 1.76. The molecule has 42 heavy (non-hydrogen) atoms. The Hall–Kier alpha value is -4.35. The van der Waals surface area contributed by atoms with E-state index in [-0.39, 0.29) is 11.5 Å². The number of amides is 1. The first kappa shape index (κ1) is 29.2. The molecule has 0 saturated heterocycles. The van der Waals surface area contributed by atoms with E-state index in [0.29, 0.717) is 60.4 Å². The summed E-state index contributed by atoms with van der Waals surface area (Å²) in [5.41, 5.74) is 2.47. The molecule has 0 saturated carbocycles. The first-order valence-corrected chi connectivity index (χ1v) is 14.4. The summed E-state index contributed by atoms with van der Waals surface area (Å²) in [5, 5.41) is 2.96. The van der Waals surface area contributed by atoms with Gasteiger partial charge in [0.1, 0.15) is 17.5 Å². The number of carbonyl (C=O) groups excluding carboxylic acids is 1. The van der Waals surface area contributed by atoms with Crippen molar-refractivity contribution in [3.8, 4) is 23.0 Å². The van der Waals surface area contributed by atoms with E-state index in [1.165, 1.54) is 18.4 Å². The molecule has 3 aromatic carbocycles. The third-order valence-corrected chi connectivity index (χ3v) is 8.49. The highest BCUT2D eigenvalue weighted by Gasteiger charge is 2.34. The molecule has 0 fully saturated rings.